The summed E-state index contributed by atoms with van der Waals surface area (Å²) in [6.07, 6.45) is 2.24. The number of carbonyl (C=O) groups is 3. The van der Waals surface area contributed by atoms with Crippen LogP contribution in [0, 0.1) is 5.82 Å². The minimum atomic E-state index is -0.736. The lowest BCUT2D eigenvalue weighted by Gasteiger charge is -2.19. The zero-order valence-electron chi connectivity index (χ0n) is 17.4. The van der Waals surface area contributed by atoms with Crippen molar-refractivity contribution in [2.24, 2.45) is 0 Å². The van der Waals surface area contributed by atoms with Crippen LogP contribution in [0.1, 0.15) is 63.6 Å². The average Bonchev–Trinajstić information content (AvgIpc) is 2.63. The van der Waals surface area contributed by atoms with Crippen molar-refractivity contribution in [3.63, 3.8) is 0 Å². The van der Waals surface area contributed by atoms with Crippen LogP contribution < -0.4 is 10.6 Å². The minimum Gasteiger partial charge on any atom is -0.461 e. The minimum absolute atomic E-state index is 0.0364. The molecule has 1 aromatic rings. The summed E-state index contributed by atoms with van der Waals surface area (Å²) in [5.74, 6) is -2.06. The molecule has 0 aromatic carbocycles. The maximum absolute atomic E-state index is 14.0. The Hall–Kier alpha value is -2.97. The van der Waals surface area contributed by atoms with Crippen molar-refractivity contribution < 1.29 is 28.2 Å². The molecule has 0 spiro atoms. The molecule has 0 aliphatic heterocycles. The van der Waals surface area contributed by atoms with Crippen molar-refractivity contribution in [1.29, 1.82) is 0 Å². The Labute approximate surface area is 169 Å². The zero-order valence-corrected chi connectivity index (χ0v) is 17.4. The van der Waals surface area contributed by atoms with E-state index in [2.05, 4.69) is 15.6 Å². The Kier molecular flexibility index (Phi) is 9.24. The number of allylic oxidation sites excluding steroid dienone is 1. The number of ether oxygens (including phenoxy) is 2. The quantitative estimate of drug-likeness (QED) is 0.388. The number of amides is 2. The summed E-state index contributed by atoms with van der Waals surface area (Å²) >= 11 is 0. The van der Waals surface area contributed by atoms with Gasteiger partial charge in [-0.3, -0.25) is 4.79 Å². The molecular formula is C20H28FN3O5. The molecule has 0 aliphatic rings. The monoisotopic (exact) mass is 409 g/mol. The van der Waals surface area contributed by atoms with Gasteiger partial charge in [-0.15, -0.1) is 0 Å². The van der Waals surface area contributed by atoms with Crippen molar-refractivity contribution in [2.75, 3.05) is 6.61 Å². The van der Waals surface area contributed by atoms with Crippen LogP contribution in [0.5, 0.6) is 0 Å². The van der Waals surface area contributed by atoms with Gasteiger partial charge in [0.15, 0.2) is 0 Å². The van der Waals surface area contributed by atoms with Gasteiger partial charge in [0, 0.05) is 0 Å². The van der Waals surface area contributed by atoms with Gasteiger partial charge in [-0.25, -0.2) is 19.0 Å². The summed E-state index contributed by atoms with van der Waals surface area (Å²) < 4.78 is 24.1. The van der Waals surface area contributed by atoms with Crippen LogP contribution in [0.25, 0.3) is 0 Å². The molecule has 1 heterocycles. The summed E-state index contributed by atoms with van der Waals surface area (Å²) in [5, 5.41) is 4.78. The number of halogens is 1. The highest BCUT2D eigenvalue weighted by molar-refractivity contribution is 6.00. The van der Waals surface area contributed by atoms with Crippen LogP contribution in [0.4, 0.5) is 9.18 Å². The third-order valence-corrected chi connectivity index (χ3v) is 3.44. The number of esters is 1. The van der Waals surface area contributed by atoms with E-state index in [-0.39, 0.29) is 30.2 Å². The molecule has 0 bridgehead atoms. The first-order chi connectivity index (χ1) is 13.6. The van der Waals surface area contributed by atoms with E-state index >= 15 is 0 Å². The molecule has 0 saturated heterocycles. The van der Waals surface area contributed by atoms with E-state index < -0.39 is 29.4 Å². The number of alkyl carbamates (subject to hydrolysis) is 1. The predicted molar refractivity (Wildman–Crippen MR) is 104 cm³/mol. The Morgan fingerprint density at radius 1 is 1.24 bits per heavy atom. The number of rotatable bonds is 8. The molecular weight excluding hydrogens is 381 g/mol. The van der Waals surface area contributed by atoms with Gasteiger partial charge in [0.25, 0.3) is 5.91 Å². The van der Waals surface area contributed by atoms with Gasteiger partial charge < -0.3 is 20.1 Å². The SMILES string of the molecule is C/C=C(/NC(=O)c1ccc(F)c(CNC(=O)OC(C)(C)C)n1)C(=O)OCCCC. The highest BCUT2D eigenvalue weighted by Gasteiger charge is 2.19. The van der Waals surface area contributed by atoms with Crippen molar-refractivity contribution in [2.45, 2.75) is 59.6 Å². The molecule has 0 fully saturated rings. The summed E-state index contributed by atoms with van der Waals surface area (Å²) in [6.45, 7) is 8.61. The third-order valence-electron chi connectivity index (χ3n) is 3.44. The number of carbonyl (C=O) groups excluding carboxylic acids is 3. The van der Waals surface area contributed by atoms with Crippen LogP contribution in [0.3, 0.4) is 0 Å². The number of pyridine rings is 1. The Morgan fingerprint density at radius 2 is 1.93 bits per heavy atom. The number of hydrogen-bond acceptors (Lipinski definition) is 6. The molecule has 1 rings (SSSR count). The van der Waals surface area contributed by atoms with Crippen molar-refractivity contribution in [1.82, 2.24) is 15.6 Å². The van der Waals surface area contributed by atoms with E-state index in [1.165, 1.54) is 12.1 Å². The molecule has 8 nitrogen and oxygen atoms in total. The second kappa shape index (κ2) is 11.1. The summed E-state index contributed by atoms with van der Waals surface area (Å²) in [5.41, 5.74) is -0.998. The van der Waals surface area contributed by atoms with Gasteiger partial charge in [0.1, 0.15) is 22.8 Å². The molecule has 0 saturated carbocycles. The fraction of sp³-hybridized carbons (Fsp3) is 0.500. The highest BCUT2D eigenvalue weighted by Crippen LogP contribution is 2.09. The molecule has 2 amide bonds. The number of hydrogen-bond donors (Lipinski definition) is 2. The van der Waals surface area contributed by atoms with Gasteiger partial charge >= 0.3 is 12.1 Å². The highest BCUT2D eigenvalue weighted by atomic mass is 19.1. The molecule has 0 atom stereocenters. The molecule has 9 heteroatoms. The van der Waals surface area contributed by atoms with E-state index in [4.69, 9.17) is 9.47 Å². The second-order valence-corrected chi connectivity index (χ2v) is 7.13. The first kappa shape index (κ1) is 24.1. The van der Waals surface area contributed by atoms with Gasteiger partial charge in [-0.1, -0.05) is 19.4 Å². The summed E-state index contributed by atoms with van der Waals surface area (Å²) in [6, 6.07) is 2.24. The molecule has 1 aromatic heterocycles. The fourth-order valence-electron chi connectivity index (χ4n) is 2.02. The van der Waals surface area contributed by atoms with Crippen molar-refractivity contribution in [3.05, 3.63) is 41.1 Å². The van der Waals surface area contributed by atoms with Crippen LogP contribution in [0.2, 0.25) is 0 Å². The first-order valence-electron chi connectivity index (χ1n) is 9.34. The molecule has 0 aliphatic carbocycles. The zero-order chi connectivity index (χ0) is 22.0. The Bertz CT molecular complexity index is 772. The van der Waals surface area contributed by atoms with Crippen LogP contribution in [-0.2, 0) is 20.8 Å². The van der Waals surface area contributed by atoms with Crippen molar-refractivity contribution in [3.8, 4) is 0 Å². The predicted octanol–water partition coefficient (Wildman–Crippen LogP) is 3.22. The van der Waals surface area contributed by atoms with Gasteiger partial charge in [0.05, 0.1) is 18.8 Å². The van der Waals surface area contributed by atoms with E-state index in [1.807, 2.05) is 6.92 Å². The molecule has 0 unspecified atom stereocenters. The third kappa shape index (κ3) is 8.71. The lowest BCUT2D eigenvalue weighted by molar-refractivity contribution is -0.139. The Morgan fingerprint density at radius 3 is 2.52 bits per heavy atom. The largest absolute Gasteiger partial charge is 0.461 e. The van der Waals surface area contributed by atoms with Gasteiger partial charge in [-0.05, 0) is 46.2 Å². The second-order valence-electron chi connectivity index (χ2n) is 7.13. The average molecular weight is 409 g/mol. The number of unbranched alkanes of at least 4 members (excludes halogenated alkanes) is 1. The van der Waals surface area contributed by atoms with Crippen LogP contribution in [0.15, 0.2) is 23.9 Å². The topological polar surface area (TPSA) is 107 Å². The van der Waals surface area contributed by atoms with Crippen LogP contribution in [-0.4, -0.2) is 35.2 Å². The summed E-state index contributed by atoms with van der Waals surface area (Å²) in [4.78, 5) is 40.0. The molecule has 2 N–H and O–H groups in total. The van der Waals surface area contributed by atoms with Crippen LogP contribution >= 0.6 is 0 Å². The smallest absolute Gasteiger partial charge is 0.407 e. The normalized spacial score (nSPS) is 11.6. The number of nitrogens with zero attached hydrogens (tertiary/aromatic N) is 1. The van der Waals surface area contributed by atoms with Gasteiger partial charge in [-0.2, -0.15) is 0 Å². The fourth-order valence-corrected chi connectivity index (χ4v) is 2.02. The Balaban J connectivity index is 2.78. The maximum Gasteiger partial charge on any atom is 0.407 e. The first-order valence-corrected chi connectivity index (χ1v) is 9.34. The van der Waals surface area contributed by atoms with Crippen molar-refractivity contribution >= 4 is 18.0 Å². The molecule has 0 radical (unpaired) electrons. The lowest BCUT2D eigenvalue weighted by atomic mass is 10.2. The maximum atomic E-state index is 14.0. The van der Waals surface area contributed by atoms with E-state index in [1.54, 1.807) is 27.7 Å². The standard InChI is InChI=1S/C20H28FN3O5/c1-6-8-11-28-18(26)14(7-2)24-17(25)15-10-9-13(21)16(23-15)12-22-19(27)29-20(3,4)5/h7,9-10H,6,8,11-12H2,1-5H3,(H,22,27)(H,24,25)/b14-7+. The van der Waals surface area contributed by atoms with E-state index in [9.17, 15) is 18.8 Å². The molecule has 160 valence electrons. The number of nitrogens with one attached hydrogen (secondary N) is 2. The lowest BCUT2D eigenvalue weighted by Crippen LogP contribution is -2.33. The van der Waals surface area contributed by atoms with E-state index in [0.29, 0.717) is 6.42 Å². The number of aromatic nitrogens is 1. The van der Waals surface area contributed by atoms with E-state index in [0.717, 1.165) is 12.5 Å². The summed E-state index contributed by atoms with van der Waals surface area (Å²) in [7, 11) is 0. The van der Waals surface area contributed by atoms with Gasteiger partial charge in [0.2, 0.25) is 0 Å². The molecule has 29 heavy (non-hydrogen) atoms.